The molecular weight excluding hydrogens is 232 g/mol. The second kappa shape index (κ2) is 5.95. The molecule has 0 heterocycles. The number of oxime groups is 1. The van der Waals surface area contributed by atoms with Gasteiger partial charge in [-0.05, 0) is 31.2 Å². The fourth-order valence-electron chi connectivity index (χ4n) is 1.12. The largest absolute Gasteiger partial charge is 0.378 e. The summed E-state index contributed by atoms with van der Waals surface area (Å²) in [5.74, 6) is -0.813. The van der Waals surface area contributed by atoms with Crippen LogP contribution in [0.3, 0.4) is 0 Å². The lowest BCUT2D eigenvalue weighted by Gasteiger charge is -2.11. The molecule has 0 saturated carbocycles. The van der Waals surface area contributed by atoms with Gasteiger partial charge >= 0.3 is 5.97 Å². The molecule has 1 aromatic carbocycles. The fourth-order valence-corrected chi connectivity index (χ4v) is 1.12. The maximum atomic E-state index is 11.6. The number of ketones is 1. The molecule has 0 aliphatic heterocycles. The van der Waals surface area contributed by atoms with Gasteiger partial charge in [-0.3, -0.25) is 4.79 Å². The third kappa shape index (κ3) is 3.69. The van der Waals surface area contributed by atoms with Gasteiger partial charge in [0, 0.05) is 26.7 Å². The Morgan fingerprint density at radius 3 is 2.11 bits per heavy atom. The van der Waals surface area contributed by atoms with Gasteiger partial charge in [0.25, 0.3) is 0 Å². The van der Waals surface area contributed by atoms with Crippen molar-refractivity contribution >= 4 is 23.2 Å². The predicted octanol–water partition coefficient (Wildman–Crippen LogP) is 1.87. The van der Waals surface area contributed by atoms with Crippen LogP contribution < -0.4 is 4.90 Å². The normalized spacial score (nSPS) is 11.0. The van der Waals surface area contributed by atoms with Gasteiger partial charge in [-0.1, -0.05) is 5.16 Å². The Balaban J connectivity index is 2.73. The minimum absolute atomic E-state index is 0.160. The molecule has 0 spiro atoms. The van der Waals surface area contributed by atoms with Gasteiger partial charge in [0.1, 0.15) is 5.71 Å². The van der Waals surface area contributed by atoms with E-state index in [1.54, 1.807) is 24.3 Å². The summed E-state index contributed by atoms with van der Waals surface area (Å²) in [5, 5.41) is 3.46. The van der Waals surface area contributed by atoms with Gasteiger partial charge in [0.05, 0.1) is 5.56 Å². The third-order valence-corrected chi connectivity index (χ3v) is 2.39. The van der Waals surface area contributed by atoms with Crippen LogP contribution in [0.2, 0.25) is 0 Å². The highest BCUT2D eigenvalue weighted by atomic mass is 16.7. The van der Waals surface area contributed by atoms with E-state index in [1.807, 2.05) is 19.0 Å². The molecule has 0 atom stereocenters. The van der Waals surface area contributed by atoms with E-state index < -0.39 is 5.97 Å². The zero-order valence-electron chi connectivity index (χ0n) is 10.9. The average Bonchev–Trinajstić information content (AvgIpc) is 2.35. The van der Waals surface area contributed by atoms with Crippen LogP contribution in [0.5, 0.6) is 0 Å². The minimum atomic E-state index is -0.582. The first-order valence-electron chi connectivity index (χ1n) is 5.46. The number of benzene rings is 1. The van der Waals surface area contributed by atoms with Crippen LogP contribution in [-0.2, 0) is 9.63 Å². The predicted molar refractivity (Wildman–Crippen MR) is 70.0 cm³/mol. The van der Waals surface area contributed by atoms with Crippen LogP contribution in [0.1, 0.15) is 24.2 Å². The molecule has 0 amide bonds. The lowest BCUT2D eigenvalue weighted by Crippen LogP contribution is -2.10. The Morgan fingerprint density at radius 2 is 1.67 bits per heavy atom. The number of hydrogen-bond donors (Lipinski definition) is 0. The summed E-state index contributed by atoms with van der Waals surface area (Å²) >= 11 is 0. The van der Waals surface area contributed by atoms with E-state index in [0.29, 0.717) is 5.56 Å². The van der Waals surface area contributed by atoms with Crippen molar-refractivity contribution in [3.05, 3.63) is 29.8 Å². The highest BCUT2D eigenvalue weighted by Gasteiger charge is 2.08. The molecule has 1 rings (SSSR count). The van der Waals surface area contributed by atoms with Gasteiger partial charge in [-0.2, -0.15) is 0 Å². The Morgan fingerprint density at radius 1 is 1.11 bits per heavy atom. The molecule has 0 aliphatic carbocycles. The summed E-state index contributed by atoms with van der Waals surface area (Å²) in [6.45, 7) is 2.85. The molecule has 0 fully saturated rings. The molecule has 0 saturated heterocycles. The maximum Gasteiger partial charge on any atom is 0.365 e. The summed E-state index contributed by atoms with van der Waals surface area (Å²) in [6, 6.07) is 6.91. The van der Waals surface area contributed by atoms with Gasteiger partial charge in [-0.15, -0.1) is 0 Å². The van der Waals surface area contributed by atoms with Crippen LogP contribution >= 0.6 is 0 Å². The molecule has 1 aromatic rings. The summed E-state index contributed by atoms with van der Waals surface area (Å²) in [5.41, 5.74) is 1.53. The standard InChI is InChI=1S/C13H16N2O3/c1-9(10(2)16)14-18-13(17)11-5-7-12(8-6-11)15(3)4/h5-8H,1-4H3/b14-9+. The van der Waals surface area contributed by atoms with Crippen molar-refractivity contribution in [2.45, 2.75) is 13.8 Å². The Bertz CT molecular complexity index is 476. The molecule has 18 heavy (non-hydrogen) atoms. The van der Waals surface area contributed by atoms with Crippen LogP contribution in [0.15, 0.2) is 29.4 Å². The van der Waals surface area contributed by atoms with E-state index in [9.17, 15) is 9.59 Å². The van der Waals surface area contributed by atoms with Gasteiger partial charge in [0.15, 0.2) is 5.78 Å². The molecule has 5 nitrogen and oxygen atoms in total. The highest BCUT2D eigenvalue weighted by Crippen LogP contribution is 2.12. The fraction of sp³-hybridized carbons (Fsp3) is 0.308. The van der Waals surface area contributed by atoms with E-state index in [1.165, 1.54) is 13.8 Å². The SMILES string of the molecule is CC(=O)/C(C)=N/OC(=O)c1ccc(N(C)C)cc1. The molecule has 5 heteroatoms. The maximum absolute atomic E-state index is 11.6. The van der Waals surface area contributed by atoms with Crippen molar-refractivity contribution in [3.63, 3.8) is 0 Å². The molecule has 0 bridgehead atoms. The number of anilines is 1. The summed E-state index contributed by atoms with van der Waals surface area (Å²) in [7, 11) is 3.82. The van der Waals surface area contributed by atoms with E-state index in [-0.39, 0.29) is 11.5 Å². The number of carbonyl (C=O) groups is 2. The lowest BCUT2D eigenvalue weighted by atomic mass is 10.2. The zero-order valence-corrected chi connectivity index (χ0v) is 10.9. The minimum Gasteiger partial charge on any atom is -0.378 e. The highest BCUT2D eigenvalue weighted by molar-refractivity contribution is 6.37. The molecule has 0 N–H and O–H groups in total. The van der Waals surface area contributed by atoms with Crippen molar-refractivity contribution in [1.29, 1.82) is 0 Å². The number of hydrogen-bond acceptors (Lipinski definition) is 5. The van der Waals surface area contributed by atoms with Crippen LogP contribution in [0.4, 0.5) is 5.69 Å². The van der Waals surface area contributed by atoms with Gasteiger partial charge < -0.3 is 9.74 Å². The van der Waals surface area contributed by atoms with Gasteiger partial charge in [-0.25, -0.2) is 4.79 Å². The third-order valence-electron chi connectivity index (χ3n) is 2.39. The van der Waals surface area contributed by atoms with E-state index >= 15 is 0 Å². The first-order chi connectivity index (χ1) is 8.41. The topological polar surface area (TPSA) is 59.0 Å². The Labute approximate surface area is 106 Å². The monoisotopic (exact) mass is 248 g/mol. The van der Waals surface area contributed by atoms with Gasteiger partial charge in [0.2, 0.25) is 0 Å². The van der Waals surface area contributed by atoms with Crippen molar-refractivity contribution < 1.29 is 14.4 Å². The molecule has 0 unspecified atom stereocenters. The number of Topliss-reactive ketones (excluding diaryl/α,β-unsaturated/α-hetero) is 1. The van der Waals surface area contributed by atoms with E-state index in [0.717, 1.165) is 5.69 Å². The van der Waals surface area contributed by atoms with E-state index in [2.05, 4.69) is 9.99 Å². The Kier molecular flexibility index (Phi) is 4.59. The van der Waals surface area contributed by atoms with Crippen LogP contribution in [0, 0.1) is 0 Å². The lowest BCUT2D eigenvalue weighted by molar-refractivity contribution is -0.111. The molecule has 96 valence electrons. The smallest absolute Gasteiger partial charge is 0.365 e. The van der Waals surface area contributed by atoms with Crippen molar-refractivity contribution in [2.24, 2.45) is 5.16 Å². The number of rotatable bonds is 4. The second-order valence-corrected chi connectivity index (χ2v) is 4.05. The summed E-state index contributed by atoms with van der Waals surface area (Å²) < 4.78 is 0. The molecular formula is C13H16N2O3. The summed E-state index contributed by atoms with van der Waals surface area (Å²) in [6.07, 6.45) is 0. The number of carbonyl (C=O) groups excluding carboxylic acids is 2. The second-order valence-electron chi connectivity index (χ2n) is 4.05. The first kappa shape index (κ1) is 13.9. The zero-order chi connectivity index (χ0) is 13.7. The quantitative estimate of drug-likeness (QED) is 0.463. The van der Waals surface area contributed by atoms with E-state index in [4.69, 9.17) is 0 Å². The van der Waals surface area contributed by atoms with Crippen LogP contribution in [-0.4, -0.2) is 31.6 Å². The summed E-state index contributed by atoms with van der Waals surface area (Å²) in [4.78, 5) is 29.1. The first-order valence-corrected chi connectivity index (χ1v) is 5.46. The molecule has 0 radical (unpaired) electrons. The number of nitrogens with zero attached hydrogens (tertiary/aromatic N) is 2. The Hall–Kier alpha value is -2.17. The van der Waals surface area contributed by atoms with Crippen molar-refractivity contribution in [1.82, 2.24) is 0 Å². The average molecular weight is 248 g/mol. The van der Waals surface area contributed by atoms with Crippen LogP contribution in [0.25, 0.3) is 0 Å². The molecule has 0 aliphatic rings. The molecule has 0 aromatic heterocycles. The van der Waals surface area contributed by atoms with Crippen molar-refractivity contribution in [3.8, 4) is 0 Å². The van der Waals surface area contributed by atoms with Crippen molar-refractivity contribution in [2.75, 3.05) is 19.0 Å².